The van der Waals surface area contributed by atoms with Gasteiger partial charge in [0, 0.05) is 26.8 Å². The van der Waals surface area contributed by atoms with Gasteiger partial charge < -0.3 is 10.2 Å². The van der Waals surface area contributed by atoms with E-state index in [-0.39, 0.29) is 5.91 Å². The van der Waals surface area contributed by atoms with E-state index < -0.39 is 0 Å². The minimum Gasteiger partial charge on any atom is -0.386 e. The number of hydrogen-bond acceptors (Lipinski definition) is 4. The Hall–Kier alpha value is -2.09. The maximum Gasteiger partial charge on any atom is 0.255 e. The lowest BCUT2D eigenvalue weighted by atomic mass is 10.2. The van der Waals surface area contributed by atoms with Crippen LogP contribution in [-0.4, -0.2) is 36.4 Å². The van der Waals surface area contributed by atoms with E-state index in [4.69, 9.17) is 5.26 Å². The molecule has 0 radical (unpaired) electrons. The molecule has 1 N–H and O–H groups in total. The molecule has 0 saturated heterocycles. The lowest BCUT2D eigenvalue weighted by molar-refractivity contribution is 0.0799. The Bertz CT molecular complexity index is 411. The van der Waals surface area contributed by atoms with Crippen molar-refractivity contribution in [3.05, 3.63) is 24.0 Å². The van der Waals surface area contributed by atoms with Crippen LogP contribution < -0.4 is 5.32 Å². The van der Waals surface area contributed by atoms with Gasteiger partial charge in [0.25, 0.3) is 5.91 Å². The second-order valence-corrected chi connectivity index (χ2v) is 3.31. The largest absolute Gasteiger partial charge is 0.386 e. The summed E-state index contributed by atoms with van der Waals surface area (Å²) >= 11 is 0. The zero-order valence-corrected chi connectivity index (χ0v) is 9.40. The van der Waals surface area contributed by atoms with Crippen LogP contribution in [0, 0.1) is 11.3 Å². The highest BCUT2D eigenvalue weighted by Gasteiger charge is 2.14. The van der Waals surface area contributed by atoms with Gasteiger partial charge in [-0.3, -0.25) is 9.78 Å². The Labute approximate surface area is 94.7 Å². The van der Waals surface area contributed by atoms with Crippen LogP contribution >= 0.6 is 0 Å². The number of amides is 1. The fourth-order valence-corrected chi connectivity index (χ4v) is 1.31. The van der Waals surface area contributed by atoms with E-state index in [1.807, 2.05) is 6.07 Å². The van der Waals surface area contributed by atoms with Gasteiger partial charge in [0.1, 0.15) is 0 Å². The molecule has 5 nitrogen and oxygen atoms in total. The third kappa shape index (κ3) is 2.70. The zero-order chi connectivity index (χ0) is 12.0. The normalized spacial score (nSPS) is 9.31. The smallest absolute Gasteiger partial charge is 0.255 e. The summed E-state index contributed by atoms with van der Waals surface area (Å²) in [6.07, 6.45) is 3.51. The molecule has 0 saturated carbocycles. The molecule has 1 amide bonds. The van der Waals surface area contributed by atoms with Crippen molar-refractivity contribution in [1.29, 1.82) is 5.26 Å². The Morgan fingerprint density at radius 3 is 3.06 bits per heavy atom. The number of anilines is 1. The molecule has 0 aliphatic rings. The molecule has 0 aromatic carbocycles. The number of nitrogens with one attached hydrogen (secondary N) is 1. The molecule has 0 aliphatic carbocycles. The van der Waals surface area contributed by atoms with Crippen molar-refractivity contribution in [3.8, 4) is 6.07 Å². The number of rotatable bonds is 4. The number of pyridine rings is 1. The number of carbonyl (C=O) groups excluding carboxylic acids is 1. The van der Waals surface area contributed by atoms with Gasteiger partial charge >= 0.3 is 0 Å². The van der Waals surface area contributed by atoms with Crippen LogP contribution in [0.5, 0.6) is 0 Å². The van der Waals surface area contributed by atoms with Gasteiger partial charge in [-0.1, -0.05) is 0 Å². The van der Waals surface area contributed by atoms with Gasteiger partial charge in [-0.15, -0.1) is 0 Å². The first kappa shape index (κ1) is 12.0. The summed E-state index contributed by atoms with van der Waals surface area (Å²) in [6.45, 7) is 0.431. The summed E-state index contributed by atoms with van der Waals surface area (Å²) in [6, 6.07) is 3.68. The molecule has 0 spiro atoms. The van der Waals surface area contributed by atoms with E-state index in [0.717, 1.165) is 0 Å². The lowest BCUT2D eigenvalue weighted by Crippen LogP contribution is -2.28. The summed E-state index contributed by atoms with van der Waals surface area (Å²) in [4.78, 5) is 17.4. The van der Waals surface area contributed by atoms with E-state index in [2.05, 4.69) is 10.3 Å². The summed E-state index contributed by atoms with van der Waals surface area (Å²) in [7, 11) is 3.42. The Kier molecular flexibility index (Phi) is 4.28. The van der Waals surface area contributed by atoms with Gasteiger partial charge in [-0.2, -0.15) is 5.26 Å². The second-order valence-electron chi connectivity index (χ2n) is 3.31. The summed E-state index contributed by atoms with van der Waals surface area (Å²) in [5.41, 5.74) is 1.26. The Balaban J connectivity index is 2.83. The Morgan fingerprint density at radius 1 is 1.69 bits per heavy atom. The van der Waals surface area contributed by atoms with Gasteiger partial charge in [0.15, 0.2) is 0 Å². The van der Waals surface area contributed by atoms with Crippen molar-refractivity contribution >= 4 is 11.6 Å². The molecule has 1 rings (SSSR count). The van der Waals surface area contributed by atoms with E-state index in [1.54, 1.807) is 32.6 Å². The standard InChI is InChI=1S/C11H14N4O/c1-13-10-8-14-6-4-9(10)11(16)15(2)7-3-5-12/h4,6,8,13H,3,7H2,1-2H3. The van der Waals surface area contributed by atoms with Crippen molar-refractivity contribution in [1.82, 2.24) is 9.88 Å². The predicted octanol–water partition coefficient (Wildman–Crippen LogP) is 1.11. The van der Waals surface area contributed by atoms with Crippen LogP contribution in [-0.2, 0) is 0 Å². The molecular weight excluding hydrogens is 204 g/mol. The topological polar surface area (TPSA) is 69.0 Å². The minimum absolute atomic E-state index is 0.109. The van der Waals surface area contributed by atoms with Crippen LogP contribution in [0.25, 0.3) is 0 Å². The van der Waals surface area contributed by atoms with Crippen LogP contribution in [0.3, 0.4) is 0 Å². The second kappa shape index (κ2) is 5.71. The van der Waals surface area contributed by atoms with E-state index in [9.17, 15) is 4.79 Å². The minimum atomic E-state index is -0.109. The molecule has 0 bridgehead atoms. The van der Waals surface area contributed by atoms with Crippen LogP contribution in [0.15, 0.2) is 18.5 Å². The van der Waals surface area contributed by atoms with Gasteiger partial charge in [0.2, 0.25) is 0 Å². The molecular formula is C11H14N4O. The maximum absolute atomic E-state index is 12.0. The summed E-state index contributed by atoms with van der Waals surface area (Å²) in [5.74, 6) is -0.109. The molecule has 1 aromatic rings. The molecule has 0 aliphatic heterocycles. The molecule has 1 heterocycles. The van der Waals surface area contributed by atoms with Crippen molar-refractivity contribution < 1.29 is 4.79 Å². The predicted molar refractivity (Wildman–Crippen MR) is 61.0 cm³/mol. The van der Waals surface area contributed by atoms with Crippen molar-refractivity contribution in [2.75, 3.05) is 26.0 Å². The van der Waals surface area contributed by atoms with Gasteiger partial charge in [0.05, 0.1) is 29.9 Å². The SMILES string of the molecule is CNc1cnccc1C(=O)N(C)CCC#N. The van der Waals surface area contributed by atoms with Gasteiger partial charge in [-0.25, -0.2) is 0 Å². The Morgan fingerprint density at radius 2 is 2.44 bits per heavy atom. The first-order valence-corrected chi connectivity index (χ1v) is 4.95. The number of nitriles is 1. The monoisotopic (exact) mass is 218 g/mol. The summed E-state index contributed by atoms with van der Waals surface area (Å²) in [5, 5.41) is 11.4. The first-order valence-electron chi connectivity index (χ1n) is 4.95. The highest BCUT2D eigenvalue weighted by atomic mass is 16.2. The maximum atomic E-state index is 12.0. The van der Waals surface area contributed by atoms with Crippen LogP contribution in [0.2, 0.25) is 0 Å². The first-order chi connectivity index (χ1) is 7.70. The van der Waals surface area contributed by atoms with E-state index >= 15 is 0 Å². The van der Waals surface area contributed by atoms with Gasteiger partial charge in [-0.05, 0) is 6.07 Å². The highest BCUT2D eigenvalue weighted by Crippen LogP contribution is 2.14. The molecule has 16 heavy (non-hydrogen) atoms. The quantitative estimate of drug-likeness (QED) is 0.821. The van der Waals surface area contributed by atoms with Crippen molar-refractivity contribution in [2.24, 2.45) is 0 Å². The molecule has 5 heteroatoms. The fourth-order valence-electron chi connectivity index (χ4n) is 1.31. The van der Waals surface area contributed by atoms with Crippen molar-refractivity contribution in [2.45, 2.75) is 6.42 Å². The third-order valence-corrected chi connectivity index (χ3v) is 2.23. The average molecular weight is 218 g/mol. The molecule has 1 aromatic heterocycles. The molecule has 84 valence electrons. The lowest BCUT2D eigenvalue weighted by Gasteiger charge is -2.17. The number of carbonyl (C=O) groups is 1. The highest BCUT2D eigenvalue weighted by molar-refractivity contribution is 5.99. The third-order valence-electron chi connectivity index (χ3n) is 2.23. The molecule has 0 atom stereocenters. The van der Waals surface area contributed by atoms with Crippen molar-refractivity contribution in [3.63, 3.8) is 0 Å². The number of nitrogens with zero attached hydrogens (tertiary/aromatic N) is 3. The number of hydrogen-bond donors (Lipinski definition) is 1. The summed E-state index contributed by atoms with van der Waals surface area (Å²) < 4.78 is 0. The van der Waals surface area contributed by atoms with Crippen LogP contribution in [0.4, 0.5) is 5.69 Å². The molecule has 0 fully saturated rings. The van der Waals surface area contributed by atoms with E-state index in [1.165, 1.54) is 4.90 Å². The molecule has 0 unspecified atom stereocenters. The number of aromatic nitrogens is 1. The average Bonchev–Trinajstić information content (AvgIpc) is 2.34. The van der Waals surface area contributed by atoms with Crippen LogP contribution in [0.1, 0.15) is 16.8 Å². The fraction of sp³-hybridized carbons (Fsp3) is 0.364. The van der Waals surface area contributed by atoms with E-state index in [0.29, 0.717) is 24.2 Å². The zero-order valence-electron chi connectivity index (χ0n) is 9.40.